The molecule has 0 spiro atoms. The zero-order chi connectivity index (χ0) is 26.9. The summed E-state index contributed by atoms with van der Waals surface area (Å²) in [6.07, 6.45) is 1.79. The van der Waals surface area contributed by atoms with Crippen molar-refractivity contribution in [1.82, 2.24) is 4.57 Å². The fourth-order valence-corrected chi connectivity index (χ4v) is 5.78. The van der Waals surface area contributed by atoms with Crippen LogP contribution < -0.4 is 29.1 Å². The largest absolute Gasteiger partial charge is 0.496 e. The molecule has 0 N–H and O–H groups in total. The Balaban J connectivity index is 1.64. The summed E-state index contributed by atoms with van der Waals surface area (Å²) in [5, 5.41) is 0. The standard InChI is InChI=1S/C30H24N2O6S/c1-3-36-29(34)25-26(19-9-5-4-6-10-19)31-30-32(27(25)20-11-7-8-12-21(20)35-2)28(33)24(39-30)16-18-13-14-22-23(15-18)38-17-37-22/h4-16,27H,3,17H2,1-2H3/b24-16+/t27-/m0/s1. The molecule has 39 heavy (non-hydrogen) atoms. The van der Waals surface area contributed by atoms with Crippen LogP contribution in [0.5, 0.6) is 17.2 Å². The van der Waals surface area contributed by atoms with E-state index < -0.39 is 12.0 Å². The van der Waals surface area contributed by atoms with Crippen molar-refractivity contribution < 1.29 is 23.7 Å². The van der Waals surface area contributed by atoms with Gasteiger partial charge in [0.1, 0.15) is 11.8 Å². The van der Waals surface area contributed by atoms with Crippen molar-refractivity contribution in [3.05, 3.63) is 115 Å². The summed E-state index contributed by atoms with van der Waals surface area (Å²) in [5.41, 5.74) is 2.64. The second-order valence-corrected chi connectivity index (χ2v) is 9.80. The molecule has 3 heterocycles. The molecule has 3 aromatic carbocycles. The molecular formula is C30H24N2O6S. The molecule has 4 aromatic rings. The van der Waals surface area contributed by atoms with Crippen molar-refractivity contribution in [1.29, 1.82) is 0 Å². The summed E-state index contributed by atoms with van der Waals surface area (Å²) in [4.78, 5) is 32.9. The molecule has 0 saturated heterocycles. The topological polar surface area (TPSA) is 88.4 Å². The van der Waals surface area contributed by atoms with Crippen LogP contribution >= 0.6 is 11.3 Å². The Hall–Kier alpha value is -4.63. The number of aromatic nitrogens is 1. The van der Waals surface area contributed by atoms with E-state index >= 15 is 0 Å². The number of fused-ring (bicyclic) bond motifs is 2. The average molecular weight is 541 g/mol. The van der Waals surface area contributed by atoms with E-state index in [1.165, 1.54) is 11.3 Å². The number of thiazole rings is 1. The van der Waals surface area contributed by atoms with Crippen LogP contribution in [0.25, 0.3) is 11.8 Å². The van der Waals surface area contributed by atoms with Gasteiger partial charge in [-0.2, -0.15) is 0 Å². The van der Waals surface area contributed by atoms with Gasteiger partial charge in [-0.05, 0) is 36.8 Å². The smallest absolute Gasteiger partial charge is 0.338 e. The van der Waals surface area contributed by atoms with E-state index in [1.807, 2.05) is 72.8 Å². The Morgan fingerprint density at radius 2 is 1.85 bits per heavy atom. The van der Waals surface area contributed by atoms with Gasteiger partial charge in [0.15, 0.2) is 16.3 Å². The maximum atomic E-state index is 14.0. The lowest BCUT2D eigenvalue weighted by Gasteiger charge is -2.27. The second-order valence-electron chi connectivity index (χ2n) is 8.79. The molecule has 0 saturated carbocycles. The fraction of sp³-hybridized carbons (Fsp3) is 0.167. The van der Waals surface area contributed by atoms with E-state index in [0.29, 0.717) is 37.8 Å². The van der Waals surface area contributed by atoms with Crippen molar-refractivity contribution in [2.75, 3.05) is 20.5 Å². The van der Waals surface area contributed by atoms with E-state index in [4.69, 9.17) is 23.9 Å². The van der Waals surface area contributed by atoms with Gasteiger partial charge in [0, 0.05) is 11.1 Å². The van der Waals surface area contributed by atoms with Gasteiger partial charge in [-0.1, -0.05) is 65.9 Å². The first-order chi connectivity index (χ1) is 19.1. The van der Waals surface area contributed by atoms with Crippen molar-refractivity contribution >= 4 is 29.1 Å². The van der Waals surface area contributed by atoms with Crippen LogP contribution in [0, 0.1) is 0 Å². The maximum absolute atomic E-state index is 14.0. The first-order valence-corrected chi connectivity index (χ1v) is 13.2. The highest BCUT2D eigenvalue weighted by Crippen LogP contribution is 2.38. The van der Waals surface area contributed by atoms with Gasteiger partial charge in [-0.25, -0.2) is 9.79 Å². The average Bonchev–Trinajstić information content (AvgIpc) is 3.56. The molecule has 0 aliphatic carbocycles. The number of methoxy groups -OCH3 is 1. The van der Waals surface area contributed by atoms with Crippen LogP contribution in [0.1, 0.15) is 29.7 Å². The van der Waals surface area contributed by atoms with Crippen LogP contribution in [-0.4, -0.2) is 31.0 Å². The van der Waals surface area contributed by atoms with E-state index in [0.717, 1.165) is 11.1 Å². The SMILES string of the molecule is CCOC(=O)C1=C(c2ccccc2)N=c2s/c(=C/c3ccc4c(c3)OCO4)c(=O)n2[C@H]1c1ccccc1OC. The molecule has 9 heteroatoms. The minimum Gasteiger partial charge on any atom is -0.496 e. The summed E-state index contributed by atoms with van der Waals surface area (Å²) in [6.45, 7) is 2.09. The van der Waals surface area contributed by atoms with E-state index in [-0.39, 0.29) is 24.5 Å². The molecule has 0 fully saturated rings. The van der Waals surface area contributed by atoms with E-state index in [1.54, 1.807) is 24.7 Å². The summed E-state index contributed by atoms with van der Waals surface area (Å²) in [6, 6.07) is 21.5. The molecule has 2 aliphatic heterocycles. The predicted octanol–water partition coefficient (Wildman–Crippen LogP) is 3.67. The number of rotatable bonds is 6. The number of para-hydroxylation sites is 1. The zero-order valence-electron chi connectivity index (χ0n) is 21.2. The number of esters is 1. The molecular weight excluding hydrogens is 516 g/mol. The number of hydrogen-bond acceptors (Lipinski definition) is 8. The molecule has 196 valence electrons. The van der Waals surface area contributed by atoms with Crippen molar-refractivity contribution in [3.63, 3.8) is 0 Å². The highest BCUT2D eigenvalue weighted by molar-refractivity contribution is 7.07. The Morgan fingerprint density at radius 3 is 2.64 bits per heavy atom. The zero-order valence-corrected chi connectivity index (χ0v) is 22.1. The Kier molecular flexibility index (Phi) is 6.50. The van der Waals surface area contributed by atoms with Crippen molar-refractivity contribution in [2.45, 2.75) is 13.0 Å². The minimum absolute atomic E-state index is 0.165. The molecule has 0 amide bonds. The van der Waals surface area contributed by atoms with Gasteiger partial charge in [-0.3, -0.25) is 9.36 Å². The minimum atomic E-state index is -0.814. The van der Waals surface area contributed by atoms with Gasteiger partial charge in [-0.15, -0.1) is 0 Å². The number of carbonyl (C=O) groups is 1. The molecule has 1 aromatic heterocycles. The Morgan fingerprint density at radius 1 is 1.08 bits per heavy atom. The second kappa shape index (κ2) is 10.3. The molecule has 0 radical (unpaired) electrons. The third-order valence-electron chi connectivity index (χ3n) is 6.50. The summed E-state index contributed by atoms with van der Waals surface area (Å²) in [5.74, 6) is 1.29. The molecule has 1 atom stereocenters. The highest BCUT2D eigenvalue weighted by Gasteiger charge is 2.36. The van der Waals surface area contributed by atoms with Crippen molar-refractivity contribution in [3.8, 4) is 17.2 Å². The quantitative estimate of drug-likeness (QED) is 0.347. The molecule has 0 unspecified atom stereocenters. The number of nitrogens with zero attached hydrogens (tertiary/aromatic N) is 2. The van der Waals surface area contributed by atoms with Crippen LogP contribution in [0.15, 0.2) is 88.2 Å². The predicted molar refractivity (Wildman–Crippen MR) is 147 cm³/mol. The highest BCUT2D eigenvalue weighted by atomic mass is 32.1. The van der Waals surface area contributed by atoms with Crippen LogP contribution in [0.2, 0.25) is 0 Å². The first kappa shape index (κ1) is 24.7. The number of carbonyl (C=O) groups excluding carboxylic acids is 1. The third kappa shape index (κ3) is 4.40. The van der Waals surface area contributed by atoms with E-state index in [9.17, 15) is 9.59 Å². The van der Waals surface area contributed by atoms with Crippen molar-refractivity contribution in [2.24, 2.45) is 4.99 Å². The molecule has 0 bridgehead atoms. The lowest BCUT2D eigenvalue weighted by molar-refractivity contribution is -0.138. The lowest BCUT2D eigenvalue weighted by atomic mass is 9.92. The summed E-state index contributed by atoms with van der Waals surface area (Å²) >= 11 is 1.26. The lowest BCUT2D eigenvalue weighted by Crippen LogP contribution is -2.40. The van der Waals surface area contributed by atoms with Crippen LogP contribution in [0.3, 0.4) is 0 Å². The Bertz CT molecular complexity index is 1790. The van der Waals surface area contributed by atoms with E-state index in [2.05, 4.69) is 0 Å². The third-order valence-corrected chi connectivity index (χ3v) is 7.48. The monoisotopic (exact) mass is 540 g/mol. The number of ether oxygens (including phenoxy) is 4. The van der Waals surface area contributed by atoms with Gasteiger partial charge in [0.2, 0.25) is 6.79 Å². The molecule has 6 rings (SSSR count). The van der Waals surface area contributed by atoms with Gasteiger partial charge < -0.3 is 18.9 Å². The van der Waals surface area contributed by atoms with Crippen LogP contribution in [0.4, 0.5) is 0 Å². The maximum Gasteiger partial charge on any atom is 0.338 e. The molecule has 8 nitrogen and oxygen atoms in total. The summed E-state index contributed by atoms with van der Waals surface area (Å²) < 4.78 is 24.1. The van der Waals surface area contributed by atoms with Gasteiger partial charge >= 0.3 is 5.97 Å². The number of hydrogen-bond donors (Lipinski definition) is 0. The summed E-state index contributed by atoms with van der Waals surface area (Å²) in [7, 11) is 1.56. The normalized spacial score (nSPS) is 16.1. The Labute approximate surface area is 227 Å². The van der Waals surface area contributed by atoms with Gasteiger partial charge in [0.05, 0.1) is 29.5 Å². The van der Waals surface area contributed by atoms with Gasteiger partial charge in [0.25, 0.3) is 5.56 Å². The fourth-order valence-electron chi connectivity index (χ4n) is 4.78. The van der Waals surface area contributed by atoms with Crippen LogP contribution in [-0.2, 0) is 9.53 Å². The number of benzene rings is 3. The first-order valence-electron chi connectivity index (χ1n) is 12.4. The molecule has 2 aliphatic rings.